The minimum absolute atomic E-state index is 0.394. The molecule has 0 N–H and O–H groups in total. The molecule has 23 heavy (non-hydrogen) atoms. The zero-order valence-electron chi connectivity index (χ0n) is 14.0. The molecule has 2 atom stereocenters. The molecule has 2 fully saturated rings. The van der Waals surface area contributed by atoms with Crippen molar-refractivity contribution in [2.24, 2.45) is 5.41 Å². The highest BCUT2D eigenvalue weighted by molar-refractivity contribution is 5.81. The Balaban J connectivity index is 1.56. The summed E-state index contributed by atoms with van der Waals surface area (Å²) < 4.78 is 5.83. The highest BCUT2D eigenvalue weighted by Crippen LogP contribution is 2.46. The van der Waals surface area contributed by atoms with Gasteiger partial charge in [-0.3, -0.25) is 9.88 Å². The van der Waals surface area contributed by atoms with Gasteiger partial charge in [-0.05, 0) is 43.9 Å². The third-order valence-electron chi connectivity index (χ3n) is 5.91. The molecule has 1 aromatic heterocycles. The maximum absolute atomic E-state index is 5.83. The molecule has 1 aliphatic carbocycles. The van der Waals surface area contributed by atoms with Crippen LogP contribution in [0, 0.1) is 5.41 Å². The SMILES string of the molecule is CO[C@@H]1CCC[C@]12CCCN(Cc1cccc3cccnc13)C2. The van der Waals surface area contributed by atoms with Gasteiger partial charge in [-0.2, -0.15) is 0 Å². The van der Waals surface area contributed by atoms with E-state index in [1.165, 1.54) is 56.1 Å². The third kappa shape index (κ3) is 2.77. The Kier molecular flexibility index (Phi) is 4.08. The fraction of sp³-hybridized carbons (Fsp3) is 0.550. The monoisotopic (exact) mass is 310 g/mol. The van der Waals surface area contributed by atoms with Crippen molar-refractivity contribution in [3.8, 4) is 0 Å². The first kappa shape index (κ1) is 15.1. The van der Waals surface area contributed by atoms with E-state index in [1.807, 2.05) is 19.4 Å². The van der Waals surface area contributed by atoms with Gasteiger partial charge in [-0.25, -0.2) is 0 Å². The Bertz CT molecular complexity index is 681. The predicted molar refractivity (Wildman–Crippen MR) is 93.3 cm³/mol. The lowest BCUT2D eigenvalue weighted by molar-refractivity contribution is -0.0365. The summed E-state index contributed by atoms with van der Waals surface area (Å²) in [5, 5.41) is 1.24. The van der Waals surface area contributed by atoms with Gasteiger partial charge in [0.1, 0.15) is 0 Å². The molecule has 1 spiro atoms. The van der Waals surface area contributed by atoms with E-state index in [2.05, 4.69) is 34.1 Å². The van der Waals surface area contributed by atoms with Crippen molar-refractivity contribution >= 4 is 10.9 Å². The van der Waals surface area contributed by atoms with Crippen molar-refractivity contribution in [2.45, 2.75) is 44.8 Å². The number of ether oxygens (including phenoxy) is 1. The summed E-state index contributed by atoms with van der Waals surface area (Å²) in [6, 6.07) is 10.7. The Morgan fingerprint density at radius 3 is 3.00 bits per heavy atom. The highest BCUT2D eigenvalue weighted by atomic mass is 16.5. The number of likely N-dealkylation sites (tertiary alicyclic amines) is 1. The van der Waals surface area contributed by atoms with E-state index in [-0.39, 0.29) is 0 Å². The van der Waals surface area contributed by atoms with Crippen LogP contribution < -0.4 is 0 Å². The van der Waals surface area contributed by atoms with E-state index in [1.54, 1.807) is 0 Å². The topological polar surface area (TPSA) is 25.4 Å². The first-order valence-corrected chi connectivity index (χ1v) is 8.88. The number of para-hydroxylation sites is 1. The second-order valence-corrected chi connectivity index (χ2v) is 7.29. The summed E-state index contributed by atoms with van der Waals surface area (Å²) in [4.78, 5) is 7.24. The predicted octanol–water partition coefficient (Wildman–Crippen LogP) is 4.02. The van der Waals surface area contributed by atoms with Gasteiger partial charge >= 0.3 is 0 Å². The smallest absolute Gasteiger partial charge is 0.0746 e. The van der Waals surface area contributed by atoms with Gasteiger partial charge in [-0.1, -0.05) is 30.7 Å². The van der Waals surface area contributed by atoms with E-state index in [0.717, 1.165) is 12.1 Å². The maximum atomic E-state index is 5.83. The van der Waals surface area contributed by atoms with Gasteiger partial charge in [0, 0.05) is 37.2 Å². The van der Waals surface area contributed by atoms with Crippen LogP contribution in [0.2, 0.25) is 0 Å². The first-order chi connectivity index (χ1) is 11.3. The Hall–Kier alpha value is -1.45. The highest BCUT2D eigenvalue weighted by Gasteiger charge is 2.45. The summed E-state index contributed by atoms with van der Waals surface area (Å²) in [7, 11) is 1.89. The van der Waals surface area contributed by atoms with Crippen LogP contribution in [0.1, 0.15) is 37.7 Å². The molecule has 3 nitrogen and oxygen atoms in total. The number of methoxy groups -OCH3 is 1. The van der Waals surface area contributed by atoms with Crippen LogP contribution in [0.25, 0.3) is 10.9 Å². The van der Waals surface area contributed by atoms with Crippen LogP contribution >= 0.6 is 0 Å². The molecule has 1 saturated heterocycles. The van der Waals surface area contributed by atoms with Crippen LogP contribution in [0.5, 0.6) is 0 Å². The second kappa shape index (κ2) is 6.21. The van der Waals surface area contributed by atoms with Gasteiger partial charge in [0.2, 0.25) is 0 Å². The van der Waals surface area contributed by atoms with Crippen molar-refractivity contribution in [3.05, 3.63) is 42.1 Å². The number of hydrogen-bond acceptors (Lipinski definition) is 3. The quantitative estimate of drug-likeness (QED) is 0.856. The number of fused-ring (bicyclic) bond motifs is 1. The molecule has 0 bridgehead atoms. The lowest BCUT2D eigenvalue weighted by Gasteiger charge is -2.43. The minimum atomic E-state index is 0.394. The molecule has 3 heteroatoms. The van der Waals surface area contributed by atoms with Gasteiger partial charge in [0.05, 0.1) is 11.6 Å². The standard InChI is InChI=1S/C20H26N2O/c1-23-18-9-3-10-20(18)11-5-13-22(15-20)14-17-7-2-6-16-8-4-12-21-19(16)17/h2,4,6-8,12,18H,3,5,9-11,13-15H2,1H3/t18-,20-/m1/s1. The van der Waals surface area contributed by atoms with Crippen molar-refractivity contribution in [1.29, 1.82) is 0 Å². The summed E-state index contributed by atoms with van der Waals surface area (Å²) in [5.74, 6) is 0. The lowest BCUT2D eigenvalue weighted by Crippen LogP contribution is -2.47. The number of rotatable bonds is 3. The van der Waals surface area contributed by atoms with E-state index < -0.39 is 0 Å². The van der Waals surface area contributed by atoms with E-state index in [9.17, 15) is 0 Å². The number of aromatic nitrogens is 1. The normalized spacial score (nSPS) is 28.7. The number of pyridine rings is 1. The second-order valence-electron chi connectivity index (χ2n) is 7.29. The average molecular weight is 310 g/mol. The summed E-state index contributed by atoms with van der Waals surface area (Å²) in [6.45, 7) is 3.38. The van der Waals surface area contributed by atoms with E-state index >= 15 is 0 Å². The van der Waals surface area contributed by atoms with E-state index in [0.29, 0.717) is 11.5 Å². The molecule has 2 heterocycles. The van der Waals surface area contributed by atoms with Gasteiger partial charge in [-0.15, -0.1) is 0 Å². The molecule has 1 saturated carbocycles. The number of piperidine rings is 1. The van der Waals surface area contributed by atoms with Gasteiger partial charge in [0.25, 0.3) is 0 Å². The molecule has 0 unspecified atom stereocenters. The van der Waals surface area contributed by atoms with Crippen LogP contribution in [-0.2, 0) is 11.3 Å². The Morgan fingerprint density at radius 1 is 1.22 bits per heavy atom. The minimum Gasteiger partial charge on any atom is -0.381 e. The Morgan fingerprint density at radius 2 is 2.09 bits per heavy atom. The molecule has 1 aromatic carbocycles. The van der Waals surface area contributed by atoms with Crippen molar-refractivity contribution in [3.63, 3.8) is 0 Å². The Labute approximate surface area is 138 Å². The molecule has 0 amide bonds. The maximum Gasteiger partial charge on any atom is 0.0746 e. The molecule has 4 rings (SSSR count). The van der Waals surface area contributed by atoms with Crippen LogP contribution in [0.4, 0.5) is 0 Å². The van der Waals surface area contributed by atoms with Crippen molar-refractivity contribution in [1.82, 2.24) is 9.88 Å². The summed E-state index contributed by atoms with van der Waals surface area (Å²) >= 11 is 0. The molecule has 2 aliphatic rings. The fourth-order valence-corrected chi connectivity index (χ4v) is 4.87. The first-order valence-electron chi connectivity index (χ1n) is 8.88. The summed E-state index contributed by atoms with van der Waals surface area (Å²) in [6.07, 6.45) is 8.86. The number of benzene rings is 1. The number of hydrogen-bond donors (Lipinski definition) is 0. The van der Waals surface area contributed by atoms with Gasteiger partial charge in [0.15, 0.2) is 0 Å². The molecular weight excluding hydrogens is 284 g/mol. The zero-order chi connectivity index (χ0) is 15.7. The molecule has 1 aliphatic heterocycles. The largest absolute Gasteiger partial charge is 0.381 e. The number of nitrogens with zero attached hydrogens (tertiary/aromatic N) is 2. The molecule has 122 valence electrons. The molecular formula is C20H26N2O. The van der Waals surface area contributed by atoms with Crippen LogP contribution in [-0.4, -0.2) is 36.2 Å². The molecule has 0 radical (unpaired) electrons. The third-order valence-corrected chi connectivity index (χ3v) is 5.91. The van der Waals surface area contributed by atoms with Crippen LogP contribution in [0.3, 0.4) is 0 Å². The van der Waals surface area contributed by atoms with Crippen molar-refractivity contribution < 1.29 is 4.74 Å². The van der Waals surface area contributed by atoms with E-state index in [4.69, 9.17) is 4.74 Å². The van der Waals surface area contributed by atoms with Crippen LogP contribution in [0.15, 0.2) is 36.5 Å². The summed E-state index contributed by atoms with van der Waals surface area (Å²) in [5.41, 5.74) is 2.90. The van der Waals surface area contributed by atoms with Crippen molar-refractivity contribution in [2.75, 3.05) is 20.2 Å². The van der Waals surface area contributed by atoms with Gasteiger partial charge < -0.3 is 4.74 Å². The lowest BCUT2D eigenvalue weighted by atomic mass is 9.76. The average Bonchev–Trinajstić information content (AvgIpc) is 2.97. The molecule has 2 aromatic rings. The fourth-order valence-electron chi connectivity index (χ4n) is 4.87. The zero-order valence-corrected chi connectivity index (χ0v) is 14.0.